The highest BCUT2D eigenvalue weighted by Gasteiger charge is 2.26. The van der Waals surface area contributed by atoms with Gasteiger partial charge in [-0.05, 0) is 68.1 Å². The first-order valence-corrected chi connectivity index (χ1v) is 11.2. The summed E-state index contributed by atoms with van der Waals surface area (Å²) in [6.07, 6.45) is 4.77. The van der Waals surface area contributed by atoms with Crippen molar-refractivity contribution >= 4 is 38.1 Å². The average Bonchev–Trinajstić information content (AvgIpc) is 3.33. The summed E-state index contributed by atoms with van der Waals surface area (Å²) in [6, 6.07) is 15.2. The lowest BCUT2D eigenvalue weighted by Crippen LogP contribution is -2.14. The summed E-state index contributed by atoms with van der Waals surface area (Å²) in [6.45, 7) is 0. The first-order chi connectivity index (χ1) is 14.0. The number of amides is 1. The normalized spacial score (nSPS) is 16.2. The molecule has 0 spiro atoms. The summed E-state index contributed by atoms with van der Waals surface area (Å²) in [5, 5.41) is 3.93. The molecule has 3 aromatic rings. The van der Waals surface area contributed by atoms with Gasteiger partial charge in [-0.25, -0.2) is 8.42 Å². The predicted octanol–water partition coefficient (Wildman–Crippen LogP) is 4.53. The first kappa shape index (κ1) is 18.0. The Labute approximate surface area is 168 Å². The molecule has 148 valence electrons. The number of hydrogen-bond acceptors (Lipinski definition) is 4. The van der Waals surface area contributed by atoms with E-state index < -0.39 is 10.0 Å². The van der Waals surface area contributed by atoms with Crippen LogP contribution in [-0.2, 0) is 10.0 Å². The van der Waals surface area contributed by atoms with E-state index >= 15 is 0 Å². The molecule has 0 radical (unpaired) electrons. The lowest BCUT2D eigenvalue weighted by atomic mass is 10.1. The van der Waals surface area contributed by atoms with Crippen LogP contribution in [0.4, 0.5) is 11.4 Å². The summed E-state index contributed by atoms with van der Waals surface area (Å²) < 4.78 is 34.7. The number of rotatable bonds is 5. The molecule has 29 heavy (non-hydrogen) atoms. The van der Waals surface area contributed by atoms with Gasteiger partial charge in [-0.2, -0.15) is 0 Å². The van der Waals surface area contributed by atoms with Gasteiger partial charge in [0.25, 0.3) is 15.9 Å². The van der Waals surface area contributed by atoms with E-state index in [0.29, 0.717) is 27.7 Å². The van der Waals surface area contributed by atoms with Crippen molar-refractivity contribution in [3.05, 3.63) is 60.2 Å². The van der Waals surface area contributed by atoms with Crippen LogP contribution in [0.5, 0.6) is 5.75 Å². The molecule has 1 saturated carbocycles. The number of anilines is 2. The van der Waals surface area contributed by atoms with E-state index in [0.717, 1.165) is 18.6 Å². The highest BCUT2D eigenvalue weighted by atomic mass is 32.2. The number of sulfonamides is 1. The van der Waals surface area contributed by atoms with Crippen molar-refractivity contribution in [3.63, 3.8) is 0 Å². The van der Waals surface area contributed by atoms with Crippen LogP contribution in [-0.4, -0.2) is 20.4 Å². The molecule has 1 aliphatic heterocycles. The quantitative estimate of drug-likeness (QED) is 0.650. The Balaban J connectivity index is 1.43. The maximum Gasteiger partial charge on any atom is 0.262 e. The van der Waals surface area contributed by atoms with E-state index in [1.54, 1.807) is 48.5 Å². The maximum absolute atomic E-state index is 13.1. The van der Waals surface area contributed by atoms with E-state index in [-0.39, 0.29) is 16.9 Å². The van der Waals surface area contributed by atoms with E-state index in [4.69, 9.17) is 4.74 Å². The van der Waals surface area contributed by atoms with Gasteiger partial charge in [-0.1, -0.05) is 12.1 Å². The second kappa shape index (κ2) is 6.77. The van der Waals surface area contributed by atoms with Crippen molar-refractivity contribution in [1.29, 1.82) is 0 Å². The van der Waals surface area contributed by atoms with Gasteiger partial charge >= 0.3 is 0 Å². The standard InChI is InChI=1S/C22H20N2O4S/c25-22-18-7-3-6-17-20(13-12-19(23-22)21(17)18)29(26,27)24-14-8-10-16(11-9-14)28-15-4-1-2-5-15/h3,6-13,15,24H,1-2,4-5H2,(H,23,25). The van der Waals surface area contributed by atoms with Crippen LogP contribution < -0.4 is 14.8 Å². The molecule has 2 N–H and O–H groups in total. The van der Waals surface area contributed by atoms with Gasteiger partial charge in [0.05, 0.1) is 11.0 Å². The van der Waals surface area contributed by atoms with Crippen LogP contribution in [0.15, 0.2) is 59.5 Å². The zero-order valence-electron chi connectivity index (χ0n) is 15.6. The van der Waals surface area contributed by atoms with Crippen molar-refractivity contribution in [2.24, 2.45) is 0 Å². The molecule has 0 unspecified atom stereocenters. The SMILES string of the molecule is O=C1Nc2ccc(S(=O)(=O)Nc3ccc(OC4CCCC4)cc3)c3cccc1c23. The van der Waals surface area contributed by atoms with Crippen LogP contribution in [0.3, 0.4) is 0 Å². The number of benzene rings is 3. The highest BCUT2D eigenvalue weighted by Crippen LogP contribution is 2.37. The van der Waals surface area contributed by atoms with Gasteiger partial charge in [0.2, 0.25) is 0 Å². The maximum atomic E-state index is 13.1. The molecule has 0 aromatic heterocycles. The first-order valence-electron chi connectivity index (χ1n) is 9.68. The fourth-order valence-electron chi connectivity index (χ4n) is 4.11. The fraction of sp³-hybridized carbons (Fsp3) is 0.227. The topological polar surface area (TPSA) is 84.5 Å². The third kappa shape index (κ3) is 3.21. The Hall–Kier alpha value is -3.06. The smallest absolute Gasteiger partial charge is 0.262 e. The largest absolute Gasteiger partial charge is 0.490 e. The number of nitrogens with one attached hydrogen (secondary N) is 2. The lowest BCUT2D eigenvalue weighted by Gasteiger charge is -2.14. The summed E-state index contributed by atoms with van der Waals surface area (Å²) in [5.74, 6) is 0.528. The molecular formula is C22H20N2O4S. The summed E-state index contributed by atoms with van der Waals surface area (Å²) in [5.41, 5.74) is 1.58. The van der Waals surface area contributed by atoms with Crippen molar-refractivity contribution < 1.29 is 17.9 Å². The van der Waals surface area contributed by atoms with Crippen LogP contribution in [0.25, 0.3) is 10.8 Å². The third-order valence-electron chi connectivity index (χ3n) is 5.49. The van der Waals surface area contributed by atoms with Gasteiger partial charge in [0.15, 0.2) is 0 Å². The molecule has 5 rings (SSSR count). The fourth-order valence-corrected chi connectivity index (χ4v) is 5.37. The van der Waals surface area contributed by atoms with Crippen molar-refractivity contribution in [2.75, 3.05) is 10.0 Å². The van der Waals surface area contributed by atoms with Crippen LogP contribution in [0.1, 0.15) is 36.0 Å². The van der Waals surface area contributed by atoms with Gasteiger partial charge in [-0.3, -0.25) is 9.52 Å². The minimum absolute atomic E-state index is 0.140. The van der Waals surface area contributed by atoms with Gasteiger partial charge < -0.3 is 10.1 Å². The number of carbonyl (C=O) groups is 1. The van der Waals surface area contributed by atoms with Crippen molar-refractivity contribution in [2.45, 2.75) is 36.7 Å². The summed E-state index contributed by atoms with van der Waals surface area (Å²) in [4.78, 5) is 12.2. The van der Waals surface area contributed by atoms with Crippen LogP contribution in [0.2, 0.25) is 0 Å². The van der Waals surface area contributed by atoms with Gasteiger partial charge in [-0.15, -0.1) is 0 Å². The van der Waals surface area contributed by atoms with Crippen LogP contribution in [0, 0.1) is 0 Å². The molecular weight excluding hydrogens is 388 g/mol. The zero-order chi connectivity index (χ0) is 20.0. The van der Waals surface area contributed by atoms with Crippen LogP contribution >= 0.6 is 0 Å². The van der Waals surface area contributed by atoms with Crippen molar-refractivity contribution in [1.82, 2.24) is 0 Å². The second-order valence-electron chi connectivity index (χ2n) is 7.45. The number of carbonyl (C=O) groups excluding carboxylic acids is 1. The minimum Gasteiger partial charge on any atom is -0.490 e. The Morgan fingerprint density at radius 3 is 2.48 bits per heavy atom. The van der Waals surface area contributed by atoms with Gasteiger partial charge in [0.1, 0.15) is 5.75 Å². The second-order valence-corrected chi connectivity index (χ2v) is 9.10. The van der Waals surface area contributed by atoms with Gasteiger partial charge in [0, 0.05) is 27.7 Å². The average molecular weight is 408 g/mol. The highest BCUT2D eigenvalue weighted by molar-refractivity contribution is 7.93. The zero-order valence-corrected chi connectivity index (χ0v) is 16.5. The van der Waals surface area contributed by atoms with E-state index in [9.17, 15) is 13.2 Å². The minimum atomic E-state index is -3.83. The molecule has 0 saturated heterocycles. The van der Waals surface area contributed by atoms with Crippen molar-refractivity contribution in [3.8, 4) is 5.75 Å². The Bertz CT molecular complexity index is 1210. The van der Waals surface area contributed by atoms with E-state index in [1.807, 2.05) is 0 Å². The molecule has 1 aliphatic carbocycles. The molecule has 1 heterocycles. The Morgan fingerprint density at radius 2 is 1.72 bits per heavy atom. The third-order valence-corrected chi connectivity index (χ3v) is 6.93. The molecule has 1 fully saturated rings. The molecule has 2 aliphatic rings. The Kier molecular flexibility index (Phi) is 4.20. The molecule has 3 aromatic carbocycles. The van der Waals surface area contributed by atoms with E-state index in [1.165, 1.54) is 18.9 Å². The number of hydrogen-bond donors (Lipinski definition) is 2. The molecule has 0 bridgehead atoms. The lowest BCUT2D eigenvalue weighted by molar-refractivity contribution is 0.103. The number of ether oxygens (including phenoxy) is 1. The Morgan fingerprint density at radius 1 is 0.966 bits per heavy atom. The monoisotopic (exact) mass is 408 g/mol. The molecule has 6 nitrogen and oxygen atoms in total. The molecule has 7 heteroatoms. The summed E-state index contributed by atoms with van der Waals surface area (Å²) in [7, 11) is -3.83. The molecule has 0 atom stereocenters. The molecule has 1 amide bonds. The predicted molar refractivity (Wildman–Crippen MR) is 112 cm³/mol. The summed E-state index contributed by atoms with van der Waals surface area (Å²) >= 11 is 0. The van der Waals surface area contributed by atoms with E-state index in [2.05, 4.69) is 10.0 Å².